The summed E-state index contributed by atoms with van der Waals surface area (Å²) in [6.45, 7) is 3.58. The number of carbonyl (C=O) groups excluding carboxylic acids is 1. The minimum absolute atomic E-state index is 0.0325. The van der Waals surface area contributed by atoms with Crippen LogP contribution in [0.5, 0.6) is 0 Å². The second-order valence-electron chi connectivity index (χ2n) is 5.20. The quantitative estimate of drug-likeness (QED) is 0.890. The van der Waals surface area contributed by atoms with Gasteiger partial charge < -0.3 is 10.4 Å². The zero-order valence-electron chi connectivity index (χ0n) is 12.3. The lowest BCUT2D eigenvalue weighted by atomic mass is 9.98. The SMILES string of the molecule is CC[C@H](C)[C@H](NC(=O)c1cc(F)cc2cccnc12)C(=O)O. The van der Waals surface area contributed by atoms with Gasteiger partial charge in [-0.25, -0.2) is 9.18 Å². The highest BCUT2D eigenvalue weighted by Gasteiger charge is 2.26. The number of benzene rings is 1. The Kier molecular flexibility index (Phi) is 4.70. The van der Waals surface area contributed by atoms with Gasteiger partial charge in [0.25, 0.3) is 5.91 Å². The molecule has 6 heteroatoms. The fourth-order valence-corrected chi connectivity index (χ4v) is 2.23. The molecule has 0 fully saturated rings. The Morgan fingerprint density at radius 3 is 2.77 bits per heavy atom. The van der Waals surface area contributed by atoms with Crippen LogP contribution in [0.2, 0.25) is 0 Å². The van der Waals surface area contributed by atoms with Gasteiger partial charge >= 0.3 is 5.97 Å². The van der Waals surface area contributed by atoms with Gasteiger partial charge in [-0.1, -0.05) is 26.3 Å². The Hall–Kier alpha value is -2.50. The molecule has 2 aromatic rings. The van der Waals surface area contributed by atoms with Gasteiger partial charge in [-0.2, -0.15) is 0 Å². The fraction of sp³-hybridized carbons (Fsp3) is 0.312. The van der Waals surface area contributed by atoms with E-state index in [1.54, 1.807) is 19.1 Å². The molecule has 0 saturated carbocycles. The molecule has 0 bridgehead atoms. The molecular formula is C16H17FN2O3. The maximum absolute atomic E-state index is 13.7. The molecular weight excluding hydrogens is 287 g/mol. The molecule has 0 aliphatic heterocycles. The zero-order valence-corrected chi connectivity index (χ0v) is 12.3. The number of carboxylic acid groups (broad SMARTS) is 1. The molecule has 2 N–H and O–H groups in total. The molecule has 2 rings (SSSR count). The van der Waals surface area contributed by atoms with Crippen LogP contribution in [0.25, 0.3) is 10.9 Å². The number of carbonyl (C=O) groups is 2. The second-order valence-corrected chi connectivity index (χ2v) is 5.20. The molecule has 1 aromatic carbocycles. The molecule has 0 aliphatic rings. The standard InChI is InChI=1S/C16H17FN2O3/c1-3-9(2)13(16(21)22)19-15(20)12-8-11(17)7-10-5-4-6-18-14(10)12/h4-9,13H,3H2,1-2H3,(H,19,20)(H,21,22)/t9-,13-/m0/s1. The van der Waals surface area contributed by atoms with Crippen LogP contribution in [-0.4, -0.2) is 28.0 Å². The maximum Gasteiger partial charge on any atom is 0.326 e. The van der Waals surface area contributed by atoms with E-state index in [0.29, 0.717) is 17.3 Å². The Labute approximate surface area is 127 Å². The van der Waals surface area contributed by atoms with Crippen molar-refractivity contribution < 1.29 is 19.1 Å². The first kappa shape index (κ1) is 15.9. The third-order valence-corrected chi connectivity index (χ3v) is 3.68. The summed E-state index contributed by atoms with van der Waals surface area (Å²) in [5.41, 5.74) is 0.375. The number of halogens is 1. The first-order chi connectivity index (χ1) is 10.4. The van der Waals surface area contributed by atoms with E-state index in [1.807, 2.05) is 6.92 Å². The van der Waals surface area contributed by atoms with Gasteiger partial charge in [0.2, 0.25) is 0 Å². The summed E-state index contributed by atoms with van der Waals surface area (Å²) in [4.78, 5) is 27.7. The van der Waals surface area contributed by atoms with Crippen LogP contribution in [0, 0.1) is 11.7 Å². The molecule has 1 heterocycles. The number of fused-ring (bicyclic) bond motifs is 1. The van der Waals surface area contributed by atoms with Gasteiger partial charge in [-0.05, 0) is 24.1 Å². The van der Waals surface area contributed by atoms with Crippen LogP contribution in [0.15, 0.2) is 30.5 Å². The fourth-order valence-electron chi connectivity index (χ4n) is 2.23. The largest absolute Gasteiger partial charge is 0.480 e. The predicted octanol–water partition coefficient (Wildman–Crippen LogP) is 2.60. The number of aromatic nitrogens is 1. The maximum atomic E-state index is 13.7. The molecule has 116 valence electrons. The van der Waals surface area contributed by atoms with E-state index < -0.39 is 23.7 Å². The van der Waals surface area contributed by atoms with E-state index in [2.05, 4.69) is 10.3 Å². The number of pyridine rings is 1. The molecule has 2 atom stereocenters. The third-order valence-electron chi connectivity index (χ3n) is 3.68. The van der Waals surface area contributed by atoms with E-state index in [1.165, 1.54) is 12.3 Å². The molecule has 22 heavy (non-hydrogen) atoms. The second kappa shape index (κ2) is 6.51. The Morgan fingerprint density at radius 2 is 2.14 bits per heavy atom. The Bertz CT molecular complexity index is 718. The van der Waals surface area contributed by atoms with Gasteiger partial charge in [0.1, 0.15) is 11.9 Å². The summed E-state index contributed by atoms with van der Waals surface area (Å²) in [6, 6.07) is 4.61. The third kappa shape index (κ3) is 3.21. The van der Waals surface area contributed by atoms with E-state index in [0.717, 1.165) is 6.07 Å². The van der Waals surface area contributed by atoms with Gasteiger partial charge in [-0.15, -0.1) is 0 Å². The van der Waals surface area contributed by atoms with Crippen molar-refractivity contribution in [3.63, 3.8) is 0 Å². The highest BCUT2D eigenvalue weighted by Crippen LogP contribution is 2.19. The molecule has 1 amide bonds. The van der Waals surface area contributed by atoms with Crippen molar-refractivity contribution >= 4 is 22.8 Å². The summed E-state index contributed by atoms with van der Waals surface area (Å²) in [5, 5.41) is 12.2. The monoisotopic (exact) mass is 304 g/mol. The molecule has 0 unspecified atom stereocenters. The first-order valence-electron chi connectivity index (χ1n) is 7.02. The number of aliphatic carboxylic acids is 1. The summed E-state index contributed by atoms with van der Waals surface area (Å²) >= 11 is 0. The molecule has 0 aliphatic carbocycles. The number of rotatable bonds is 5. The molecule has 5 nitrogen and oxygen atoms in total. The summed E-state index contributed by atoms with van der Waals surface area (Å²) < 4.78 is 13.7. The Morgan fingerprint density at radius 1 is 1.41 bits per heavy atom. The first-order valence-corrected chi connectivity index (χ1v) is 7.02. The molecule has 0 spiro atoms. The molecule has 1 aromatic heterocycles. The van der Waals surface area contributed by atoms with Crippen molar-refractivity contribution in [3.05, 3.63) is 41.8 Å². The van der Waals surface area contributed by atoms with Crippen molar-refractivity contribution in [2.24, 2.45) is 5.92 Å². The minimum Gasteiger partial charge on any atom is -0.480 e. The van der Waals surface area contributed by atoms with Gasteiger partial charge in [0.05, 0.1) is 11.1 Å². The van der Waals surface area contributed by atoms with Crippen molar-refractivity contribution in [1.29, 1.82) is 0 Å². The lowest BCUT2D eigenvalue weighted by Crippen LogP contribution is -2.45. The van der Waals surface area contributed by atoms with Crippen molar-refractivity contribution in [2.75, 3.05) is 0 Å². The van der Waals surface area contributed by atoms with Crippen LogP contribution in [0.1, 0.15) is 30.6 Å². The van der Waals surface area contributed by atoms with Crippen molar-refractivity contribution in [3.8, 4) is 0 Å². The lowest BCUT2D eigenvalue weighted by molar-refractivity contribution is -0.140. The number of carboxylic acids is 1. The number of amides is 1. The normalized spacial score (nSPS) is 13.6. The van der Waals surface area contributed by atoms with Gasteiger partial charge in [0.15, 0.2) is 0 Å². The van der Waals surface area contributed by atoms with Crippen LogP contribution in [0.3, 0.4) is 0 Å². The van der Waals surface area contributed by atoms with Gasteiger partial charge in [0, 0.05) is 11.6 Å². The van der Waals surface area contributed by atoms with E-state index in [9.17, 15) is 19.1 Å². The predicted molar refractivity (Wildman–Crippen MR) is 80.0 cm³/mol. The van der Waals surface area contributed by atoms with Crippen LogP contribution in [0.4, 0.5) is 4.39 Å². The highest BCUT2D eigenvalue weighted by molar-refractivity contribution is 6.06. The zero-order chi connectivity index (χ0) is 16.3. The number of hydrogen-bond acceptors (Lipinski definition) is 3. The number of nitrogens with zero attached hydrogens (tertiary/aromatic N) is 1. The summed E-state index contributed by atoms with van der Waals surface area (Å²) in [7, 11) is 0. The summed E-state index contributed by atoms with van der Waals surface area (Å²) in [5.74, 6) is -2.57. The number of hydrogen-bond donors (Lipinski definition) is 2. The topological polar surface area (TPSA) is 79.3 Å². The van der Waals surface area contributed by atoms with Crippen molar-refractivity contribution in [2.45, 2.75) is 26.3 Å². The van der Waals surface area contributed by atoms with Crippen LogP contribution in [-0.2, 0) is 4.79 Å². The Balaban J connectivity index is 2.39. The summed E-state index contributed by atoms with van der Waals surface area (Å²) in [6.07, 6.45) is 2.10. The molecule has 0 saturated heterocycles. The van der Waals surface area contributed by atoms with Crippen LogP contribution < -0.4 is 5.32 Å². The van der Waals surface area contributed by atoms with Crippen LogP contribution >= 0.6 is 0 Å². The minimum atomic E-state index is -1.11. The average Bonchev–Trinajstić information content (AvgIpc) is 2.50. The van der Waals surface area contributed by atoms with Crippen molar-refractivity contribution in [1.82, 2.24) is 10.3 Å². The number of nitrogens with one attached hydrogen (secondary N) is 1. The van der Waals surface area contributed by atoms with E-state index >= 15 is 0 Å². The van der Waals surface area contributed by atoms with E-state index in [-0.39, 0.29) is 11.5 Å². The smallest absolute Gasteiger partial charge is 0.326 e. The lowest BCUT2D eigenvalue weighted by Gasteiger charge is -2.20. The van der Waals surface area contributed by atoms with Gasteiger partial charge in [-0.3, -0.25) is 9.78 Å². The highest BCUT2D eigenvalue weighted by atomic mass is 19.1. The van der Waals surface area contributed by atoms with E-state index in [4.69, 9.17) is 0 Å². The molecule has 0 radical (unpaired) electrons. The average molecular weight is 304 g/mol.